The number of carbonyl (C=O) groups is 4. The summed E-state index contributed by atoms with van der Waals surface area (Å²) in [4.78, 5) is 72.6. The first-order chi connectivity index (χ1) is 43.9. The number of aliphatic hydroxyl groups excluding tert-OH is 1. The van der Waals surface area contributed by atoms with Crippen LogP contribution in [-0.2, 0) is 65.4 Å². The molecule has 3 unspecified atom stereocenters. The average molecular weight is 1340 g/mol. The van der Waals surface area contributed by atoms with Crippen molar-refractivity contribution in [3.05, 3.63) is 24.3 Å². The summed E-state index contributed by atoms with van der Waals surface area (Å²) in [5.74, 6) is -0.732. The number of unbranched alkanes of at least 4 members (excludes halogenated alkanes) is 35. The van der Waals surface area contributed by atoms with E-state index in [1.54, 1.807) is 0 Å². The Kier molecular flexibility index (Phi) is 61.9. The molecule has 0 spiro atoms. The van der Waals surface area contributed by atoms with Crippen molar-refractivity contribution in [2.45, 2.75) is 362 Å². The van der Waals surface area contributed by atoms with Crippen molar-refractivity contribution in [3.8, 4) is 0 Å². The van der Waals surface area contributed by atoms with Gasteiger partial charge in [0.25, 0.3) is 0 Å². The molecular formula is C72H136O17P2. The van der Waals surface area contributed by atoms with E-state index in [1.807, 2.05) is 0 Å². The first-order valence-electron chi connectivity index (χ1n) is 36.8. The monoisotopic (exact) mass is 1330 g/mol. The Labute approximate surface area is 554 Å². The number of hydrogen-bond donors (Lipinski definition) is 3. The predicted molar refractivity (Wildman–Crippen MR) is 367 cm³/mol. The molecule has 0 fully saturated rings. The van der Waals surface area contributed by atoms with Gasteiger partial charge in [-0.1, -0.05) is 291 Å². The van der Waals surface area contributed by atoms with Crippen LogP contribution >= 0.6 is 15.6 Å². The van der Waals surface area contributed by atoms with Crippen LogP contribution in [0.25, 0.3) is 0 Å². The van der Waals surface area contributed by atoms with Crippen LogP contribution in [0.5, 0.6) is 0 Å². The molecule has 0 aliphatic rings. The molecular weight excluding hydrogens is 1200 g/mol. The Morgan fingerprint density at radius 3 is 0.989 bits per heavy atom. The summed E-state index contributed by atoms with van der Waals surface area (Å²) in [6.07, 6.45) is 52.3. The number of allylic oxidation sites excluding steroid dienone is 4. The van der Waals surface area contributed by atoms with Crippen LogP contribution in [0.3, 0.4) is 0 Å². The number of phosphoric acid groups is 2. The van der Waals surface area contributed by atoms with Crippen LogP contribution in [0.2, 0.25) is 0 Å². The van der Waals surface area contributed by atoms with Crippen molar-refractivity contribution in [2.24, 2.45) is 11.8 Å². The van der Waals surface area contributed by atoms with Gasteiger partial charge in [0.05, 0.1) is 26.4 Å². The van der Waals surface area contributed by atoms with Crippen LogP contribution in [0, 0.1) is 11.8 Å². The van der Waals surface area contributed by atoms with Gasteiger partial charge in [0.1, 0.15) is 19.3 Å². The normalized spacial score (nSPS) is 14.6. The highest BCUT2D eigenvalue weighted by atomic mass is 31.2. The fourth-order valence-corrected chi connectivity index (χ4v) is 12.0. The Hall–Kier alpha value is -2.46. The fraction of sp³-hybridized carbons (Fsp3) is 0.889. The number of hydrogen-bond acceptors (Lipinski definition) is 15. The van der Waals surface area contributed by atoms with E-state index in [9.17, 15) is 43.2 Å². The van der Waals surface area contributed by atoms with E-state index in [4.69, 9.17) is 37.0 Å². The van der Waals surface area contributed by atoms with Crippen molar-refractivity contribution in [3.63, 3.8) is 0 Å². The lowest BCUT2D eigenvalue weighted by molar-refractivity contribution is -0.161. The molecule has 0 aromatic heterocycles. The van der Waals surface area contributed by atoms with Gasteiger partial charge in [0, 0.05) is 25.7 Å². The summed E-state index contributed by atoms with van der Waals surface area (Å²) < 4.78 is 68.3. The molecule has 0 rings (SSSR count). The van der Waals surface area contributed by atoms with Gasteiger partial charge < -0.3 is 33.8 Å². The maximum absolute atomic E-state index is 13.0. The second kappa shape index (κ2) is 63.6. The smallest absolute Gasteiger partial charge is 0.462 e. The topological polar surface area (TPSA) is 237 Å². The average Bonchev–Trinajstić information content (AvgIpc) is 3.58. The number of rotatable bonds is 69. The maximum atomic E-state index is 13.0. The zero-order valence-electron chi connectivity index (χ0n) is 58.6. The lowest BCUT2D eigenvalue weighted by Gasteiger charge is -2.21. The van der Waals surface area contributed by atoms with Crippen molar-refractivity contribution < 1.29 is 80.2 Å². The number of carbonyl (C=O) groups excluding carboxylic acids is 4. The summed E-state index contributed by atoms with van der Waals surface area (Å²) in [6.45, 7) is 9.39. The molecule has 0 radical (unpaired) electrons. The van der Waals surface area contributed by atoms with Crippen molar-refractivity contribution in [1.29, 1.82) is 0 Å². The van der Waals surface area contributed by atoms with Crippen LogP contribution in [0.15, 0.2) is 24.3 Å². The predicted octanol–water partition coefficient (Wildman–Crippen LogP) is 20.3. The molecule has 536 valence electrons. The molecule has 6 atom stereocenters. The third-order valence-electron chi connectivity index (χ3n) is 16.4. The highest BCUT2D eigenvalue weighted by Gasteiger charge is 2.30. The van der Waals surface area contributed by atoms with E-state index in [0.717, 1.165) is 121 Å². The summed E-state index contributed by atoms with van der Waals surface area (Å²) >= 11 is 0. The molecule has 3 N–H and O–H groups in total. The molecule has 0 saturated carbocycles. The van der Waals surface area contributed by atoms with Gasteiger partial charge in [-0.15, -0.1) is 0 Å². The van der Waals surface area contributed by atoms with E-state index in [0.29, 0.717) is 31.6 Å². The Bertz CT molecular complexity index is 1860. The molecule has 0 saturated heterocycles. The van der Waals surface area contributed by atoms with Crippen LogP contribution in [0.1, 0.15) is 343 Å². The number of phosphoric ester groups is 2. The number of ether oxygens (including phenoxy) is 4. The molecule has 0 bridgehead atoms. The largest absolute Gasteiger partial charge is 0.472 e. The molecule has 0 aliphatic carbocycles. The molecule has 0 aromatic carbocycles. The minimum atomic E-state index is -4.96. The highest BCUT2D eigenvalue weighted by Crippen LogP contribution is 2.45. The summed E-state index contributed by atoms with van der Waals surface area (Å²) in [7, 11) is -9.91. The lowest BCUT2D eigenvalue weighted by Crippen LogP contribution is -2.30. The Balaban J connectivity index is 5.28. The Morgan fingerprint density at radius 2 is 0.648 bits per heavy atom. The Morgan fingerprint density at radius 1 is 0.363 bits per heavy atom. The minimum absolute atomic E-state index is 0.100. The maximum Gasteiger partial charge on any atom is 0.472 e. The molecule has 0 amide bonds. The standard InChI is InChI=1S/C72H136O17P2/c1-7-10-12-14-16-18-20-22-24-26-28-30-32-36-44-50-56-71(76)88-67(60-82-69(74)54-48-42-35-31-29-27-25-23-21-19-17-15-13-11-8-2)62-86-90(78,79)84-58-66(73)59-85-91(80,81)87-63-68(89-72(77)57-51-45-37-33-34-40-46-52-64(4)5)61-83-70(75)55-49-43-39-38-41-47-53-65(6)9-3/h19,21,23,25,64-68,73H,7-18,20,22,24,26-63H2,1-6H3,(H,78,79)(H,80,81)/b21-19-,25-23-/t65?,66-,67-,68-/m1/s1. The third-order valence-corrected chi connectivity index (χ3v) is 18.3. The first-order valence-corrected chi connectivity index (χ1v) is 39.8. The summed E-state index contributed by atoms with van der Waals surface area (Å²) in [6, 6.07) is 0. The van der Waals surface area contributed by atoms with E-state index >= 15 is 0 Å². The molecule has 0 aromatic rings. The SMILES string of the molecule is CCCCCC/C=C\C=C/CCCCCCCC(=O)OC[C@H](COP(=O)(O)OC[C@@H](O)COP(=O)(O)OC[C@@H](COC(=O)CCCCCCCCC(C)CC)OC(=O)CCCCCCCCCC(C)C)OC(=O)CCCCCCCCCCCCCCCCCC. The lowest BCUT2D eigenvalue weighted by atomic mass is 10.00. The van der Waals surface area contributed by atoms with E-state index in [-0.39, 0.29) is 25.7 Å². The first kappa shape index (κ1) is 88.5. The van der Waals surface area contributed by atoms with Crippen molar-refractivity contribution in [1.82, 2.24) is 0 Å². The van der Waals surface area contributed by atoms with Crippen molar-refractivity contribution >= 4 is 39.5 Å². The molecule has 17 nitrogen and oxygen atoms in total. The van der Waals surface area contributed by atoms with Crippen LogP contribution < -0.4 is 0 Å². The second-order valence-electron chi connectivity index (χ2n) is 26.0. The zero-order valence-corrected chi connectivity index (χ0v) is 60.4. The van der Waals surface area contributed by atoms with Gasteiger partial charge in [0.15, 0.2) is 12.2 Å². The van der Waals surface area contributed by atoms with Gasteiger partial charge >= 0.3 is 39.5 Å². The minimum Gasteiger partial charge on any atom is -0.462 e. The second-order valence-corrected chi connectivity index (χ2v) is 28.9. The molecule has 19 heteroatoms. The van der Waals surface area contributed by atoms with Gasteiger partial charge in [0.2, 0.25) is 0 Å². The quantitative estimate of drug-likeness (QED) is 0.0169. The number of aliphatic hydroxyl groups is 1. The van der Waals surface area contributed by atoms with Crippen molar-refractivity contribution in [2.75, 3.05) is 39.6 Å². The van der Waals surface area contributed by atoms with Crippen LogP contribution in [0.4, 0.5) is 0 Å². The summed E-state index contributed by atoms with van der Waals surface area (Å²) in [5, 5.41) is 10.6. The van der Waals surface area contributed by atoms with Gasteiger partial charge in [-0.05, 0) is 63.2 Å². The van der Waals surface area contributed by atoms with E-state index < -0.39 is 97.5 Å². The zero-order chi connectivity index (χ0) is 67.2. The van der Waals surface area contributed by atoms with Gasteiger partial charge in [-0.2, -0.15) is 0 Å². The summed E-state index contributed by atoms with van der Waals surface area (Å²) in [5.41, 5.74) is 0. The highest BCUT2D eigenvalue weighted by molar-refractivity contribution is 7.47. The van der Waals surface area contributed by atoms with Gasteiger partial charge in [-0.3, -0.25) is 37.3 Å². The van der Waals surface area contributed by atoms with E-state index in [1.165, 1.54) is 135 Å². The molecule has 0 aliphatic heterocycles. The van der Waals surface area contributed by atoms with Gasteiger partial charge in [-0.25, -0.2) is 9.13 Å². The fourth-order valence-electron chi connectivity index (χ4n) is 10.4. The van der Waals surface area contributed by atoms with Crippen LogP contribution in [-0.4, -0.2) is 96.7 Å². The molecule has 0 heterocycles. The molecule has 91 heavy (non-hydrogen) atoms. The number of esters is 4. The third kappa shape index (κ3) is 64.6. The van der Waals surface area contributed by atoms with E-state index in [2.05, 4.69) is 65.8 Å².